The molecule has 5 nitrogen and oxygen atoms in total. The highest BCUT2D eigenvalue weighted by molar-refractivity contribution is 7.89. The number of nitrogens with one attached hydrogen (secondary N) is 1. The third-order valence-electron chi connectivity index (χ3n) is 7.04. The Labute approximate surface area is 172 Å². The van der Waals surface area contributed by atoms with Crippen molar-refractivity contribution < 1.29 is 13.2 Å². The molecule has 1 aromatic rings. The Bertz CT molecular complexity index is 838. The predicted molar refractivity (Wildman–Crippen MR) is 110 cm³/mol. The minimum atomic E-state index is -3.72. The number of carbonyl (C=O) groups excluding carboxylic acids is 1. The summed E-state index contributed by atoms with van der Waals surface area (Å²) in [6.45, 7) is 4.30. The zero-order valence-corrected chi connectivity index (χ0v) is 18.1. The van der Waals surface area contributed by atoms with Crippen LogP contribution in [0.2, 0.25) is 5.02 Å². The lowest BCUT2D eigenvalue weighted by Crippen LogP contribution is -2.55. The molecule has 0 aliphatic heterocycles. The van der Waals surface area contributed by atoms with Crippen LogP contribution in [0.5, 0.6) is 0 Å². The second kappa shape index (κ2) is 7.62. The lowest BCUT2D eigenvalue weighted by atomic mass is 9.54. The van der Waals surface area contributed by atoms with Crippen LogP contribution in [0.4, 0.5) is 0 Å². The molecule has 28 heavy (non-hydrogen) atoms. The van der Waals surface area contributed by atoms with Gasteiger partial charge in [0.25, 0.3) is 5.91 Å². The number of hydrogen-bond acceptors (Lipinski definition) is 3. The van der Waals surface area contributed by atoms with Crippen LogP contribution in [-0.4, -0.2) is 37.8 Å². The van der Waals surface area contributed by atoms with E-state index in [0.29, 0.717) is 30.5 Å². The van der Waals surface area contributed by atoms with Gasteiger partial charge in [0.05, 0.1) is 5.02 Å². The minimum Gasteiger partial charge on any atom is -0.349 e. The van der Waals surface area contributed by atoms with Crippen LogP contribution in [-0.2, 0) is 10.0 Å². The summed E-state index contributed by atoms with van der Waals surface area (Å²) in [7, 11) is -3.72. The van der Waals surface area contributed by atoms with Crippen LogP contribution in [0.25, 0.3) is 0 Å². The first-order valence-electron chi connectivity index (χ1n) is 10.4. The molecular weight excluding hydrogens is 396 g/mol. The molecule has 4 aliphatic carbocycles. The first kappa shape index (κ1) is 20.2. The van der Waals surface area contributed by atoms with Crippen molar-refractivity contribution in [2.75, 3.05) is 13.1 Å². The Morgan fingerprint density at radius 3 is 2.18 bits per heavy atom. The van der Waals surface area contributed by atoms with E-state index in [4.69, 9.17) is 11.6 Å². The number of sulfonamides is 1. The number of benzene rings is 1. The molecule has 0 heterocycles. The summed E-state index contributed by atoms with van der Waals surface area (Å²) in [6.07, 6.45) is 6.26. The van der Waals surface area contributed by atoms with Gasteiger partial charge in [0, 0.05) is 24.7 Å². The average Bonchev–Trinajstić information content (AvgIpc) is 2.65. The van der Waals surface area contributed by atoms with Crippen molar-refractivity contribution in [3.05, 3.63) is 28.8 Å². The number of carbonyl (C=O) groups is 1. The van der Waals surface area contributed by atoms with E-state index in [1.54, 1.807) is 19.9 Å². The van der Waals surface area contributed by atoms with Gasteiger partial charge in [-0.25, -0.2) is 8.42 Å². The van der Waals surface area contributed by atoms with Crippen LogP contribution in [0.3, 0.4) is 0 Å². The molecule has 0 radical (unpaired) electrons. The molecule has 4 fully saturated rings. The van der Waals surface area contributed by atoms with Gasteiger partial charge in [-0.15, -0.1) is 0 Å². The molecule has 7 heteroatoms. The molecule has 0 unspecified atom stereocenters. The number of amides is 1. The molecule has 5 rings (SSSR count). The highest BCUT2D eigenvalue weighted by atomic mass is 35.5. The van der Waals surface area contributed by atoms with Crippen LogP contribution in [0.1, 0.15) is 56.3 Å². The Morgan fingerprint density at radius 2 is 1.64 bits per heavy atom. The quantitative estimate of drug-likeness (QED) is 0.752. The lowest BCUT2D eigenvalue weighted by molar-refractivity contribution is -0.0119. The van der Waals surface area contributed by atoms with Gasteiger partial charge in [0.2, 0.25) is 10.0 Å². The number of hydrogen-bond donors (Lipinski definition) is 1. The fourth-order valence-corrected chi connectivity index (χ4v) is 7.90. The Hall–Kier alpha value is -1.11. The third kappa shape index (κ3) is 3.48. The molecule has 4 aliphatic rings. The molecule has 0 atom stereocenters. The van der Waals surface area contributed by atoms with Gasteiger partial charge < -0.3 is 5.32 Å². The lowest BCUT2D eigenvalue weighted by Gasteiger charge is -2.54. The van der Waals surface area contributed by atoms with Gasteiger partial charge in [-0.3, -0.25) is 4.79 Å². The van der Waals surface area contributed by atoms with Crippen molar-refractivity contribution in [2.24, 2.45) is 23.7 Å². The SMILES string of the molecule is CCN(CC)S(=O)(=O)c1cc(C(=O)NC2C3CC4CC(C3)CC2C4)ccc1Cl. The van der Waals surface area contributed by atoms with Crippen LogP contribution < -0.4 is 5.32 Å². The summed E-state index contributed by atoms with van der Waals surface area (Å²) in [5.74, 6) is 2.65. The number of halogens is 1. The van der Waals surface area contributed by atoms with Crippen molar-refractivity contribution in [3.8, 4) is 0 Å². The molecule has 4 saturated carbocycles. The molecule has 1 aromatic carbocycles. The van der Waals surface area contributed by atoms with Gasteiger partial charge >= 0.3 is 0 Å². The van der Waals surface area contributed by atoms with Crippen molar-refractivity contribution in [2.45, 2.75) is 56.9 Å². The van der Waals surface area contributed by atoms with Crippen molar-refractivity contribution in [3.63, 3.8) is 0 Å². The first-order valence-corrected chi connectivity index (χ1v) is 12.3. The standard InChI is InChI=1S/C21H29ClN2O3S/c1-3-24(4-2)28(26,27)19-12-15(5-6-18(19)22)21(25)23-20-16-8-13-7-14(10-16)11-17(20)9-13/h5-6,12-14,16-17,20H,3-4,7-11H2,1-2H3,(H,23,25). The molecule has 0 aromatic heterocycles. The maximum absolute atomic E-state index is 13.0. The average molecular weight is 425 g/mol. The smallest absolute Gasteiger partial charge is 0.251 e. The number of rotatable bonds is 6. The normalized spacial score (nSPS) is 31.4. The molecule has 154 valence electrons. The van der Waals surface area contributed by atoms with Gasteiger partial charge in [-0.1, -0.05) is 25.4 Å². The van der Waals surface area contributed by atoms with Crippen LogP contribution in [0, 0.1) is 23.7 Å². The van der Waals surface area contributed by atoms with E-state index >= 15 is 0 Å². The number of nitrogens with zero attached hydrogens (tertiary/aromatic N) is 1. The van der Waals surface area contributed by atoms with Gasteiger partial charge in [-0.05, 0) is 74.0 Å². The summed E-state index contributed by atoms with van der Waals surface area (Å²) in [5, 5.41) is 3.39. The van der Waals surface area contributed by atoms with E-state index < -0.39 is 10.0 Å². The summed E-state index contributed by atoms with van der Waals surface area (Å²) in [4.78, 5) is 13.0. The van der Waals surface area contributed by atoms with E-state index in [0.717, 1.165) is 11.8 Å². The van der Waals surface area contributed by atoms with E-state index in [1.807, 2.05) is 0 Å². The topological polar surface area (TPSA) is 66.5 Å². The fourth-order valence-electron chi connectivity index (χ4n) is 5.94. The maximum atomic E-state index is 13.0. The van der Waals surface area contributed by atoms with E-state index in [1.165, 1.54) is 48.5 Å². The molecular formula is C21H29ClN2O3S. The second-order valence-electron chi connectivity index (χ2n) is 8.66. The zero-order chi connectivity index (χ0) is 20.1. The molecule has 4 bridgehead atoms. The largest absolute Gasteiger partial charge is 0.349 e. The third-order valence-corrected chi connectivity index (χ3v) is 9.57. The molecule has 1 amide bonds. The van der Waals surface area contributed by atoms with Crippen molar-refractivity contribution >= 4 is 27.5 Å². The van der Waals surface area contributed by atoms with Crippen molar-refractivity contribution in [1.29, 1.82) is 0 Å². The predicted octanol–water partition coefficient (Wildman–Crippen LogP) is 3.93. The monoisotopic (exact) mass is 424 g/mol. The van der Waals surface area contributed by atoms with Gasteiger partial charge in [0.1, 0.15) is 4.90 Å². The summed E-state index contributed by atoms with van der Waals surface area (Å²) in [6, 6.07) is 4.79. The fraction of sp³-hybridized carbons (Fsp3) is 0.667. The van der Waals surface area contributed by atoms with Gasteiger partial charge in [0.15, 0.2) is 0 Å². The summed E-state index contributed by atoms with van der Waals surface area (Å²) in [5.41, 5.74) is 0.365. The highest BCUT2D eigenvalue weighted by Crippen LogP contribution is 2.53. The minimum absolute atomic E-state index is 0.00981. The van der Waals surface area contributed by atoms with E-state index in [9.17, 15) is 13.2 Å². The van der Waals surface area contributed by atoms with Gasteiger partial charge in [-0.2, -0.15) is 4.31 Å². The summed E-state index contributed by atoms with van der Waals surface area (Å²) >= 11 is 6.20. The van der Waals surface area contributed by atoms with E-state index in [-0.39, 0.29) is 21.9 Å². The van der Waals surface area contributed by atoms with E-state index in [2.05, 4.69) is 5.32 Å². The molecule has 1 N–H and O–H groups in total. The second-order valence-corrected chi connectivity index (χ2v) is 11.0. The maximum Gasteiger partial charge on any atom is 0.251 e. The first-order chi connectivity index (χ1) is 13.3. The highest BCUT2D eigenvalue weighted by Gasteiger charge is 2.48. The van der Waals surface area contributed by atoms with Crippen LogP contribution in [0.15, 0.2) is 23.1 Å². The van der Waals surface area contributed by atoms with Crippen LogP contribution >= 0.6 is 11.6 Å². The Morgan fingerprint density at radius 1 is 1.07 bits per heavy atom. The Kier molecular flexibility index (Phi) is 5.49. The molecule has 0 saturated heterocycles. The van der Waals surface area contributed by atoms with Crippen molar-refractivity contribution in [1.82, 2.24) is 9.62 Å². The zero-order valence-electron chi connectivity index (χ0n) is 16.5. The Balaban J connectivity index is 1.56. The molecule has 0 spiro atoms. The summed E-state index contributed by atoms with van der Waals surface area (Å²) < 4.78 is 27.1.